The summed E-state index contributed by atoms with van der Waals surface area (Å²) in [6, 6.07) is 20.8. The van der Waals surface area contributed by atoms with Crippen LogP contribution >= 0.6 is 11.6 Å². The monoisotopic (exact) mass is 506 g/mol. The third kappa shape index (κ3) is 6.30. The number of hydrogen-bond acceptors (Lipinski definition) is 4. The molecule has 4 aromatic rings. The van der Waals surface area contributed by atoms with E-state index in [0.29, 0.717) is 40.1 Å². The second-order valence-electron chi connectivity index (χ2n) is 8.29. The highest BCUT2D eigenvalue weighted by atomic mass is 35.5. The number of aryl methyl sites for hydroxylation is 2. The van der Waals surface area contributed by atoms with E-state index in [1.54, 1.807) is 24.3 Å². The molecular weight excluding hydrogens is 480 g/mol. The summed E-state index contributed by atoms with van der Waals surface area (Å²) in [5.41, 5.74) is 3.96. The maximum atomic E-state index is 13.0. The predicted octanol–water partition coefficient (Wildman–Crippen LogP) is 5.72. The number of halogens is 1. The van der Waals surface area contributed by atoms with E-state index in [1.165, 1.54) is 16.5 Å². The van der Waals surface area contributed by atoms with Crippen molar-refractivity contribution in [2.45, 2.75) is 18.7 Å². The molecule has 1 unspecified atom stereocenters. The van der Waals surface area contributed by atoms with E-state index >= 15 is 0 Å². The van der Waals surface area contributed by atoms with Gasteiger partial charge >= 0.3 is 0 Å². The van der Waals surface area contributed by atoms with E-state index in [4.69, 9.17) is 16.3 Å². The van der Waals surface area contributed by atoms with Crippen molar-refractivity contribution in [1.29, 1.82) is 5.26 Å². The predicted molar refractivity (Wildman–Crippen MR) is 141 cm³/mol. The number of nitrogens with zero attached hydrogens (tertiary/aromatic N) is 2. The van der Waals surface area contributed by atoms with E-state index < -0.39 is 11.0 Å². The molecule has 1 fully saturated rings. The highest BCUT2D eigenvalue weighted by Gasteiger charge is 2.22. The zero-order chi connectivity index (χ0) is 24.8. The lowest BCUT2D eigenvalue weighted by Crippen LogP contribution is -2.44. The zero-order valence-electron chi connectivity index (χ0n) is 19.7. The number of benzene rings is 3. The number of hydrogen-bond donors (Lipinski definition) is 2. The molecule has 0 aliphatic carbocycles. The molecule has 2 heterocycles. The van der Waals surface area contributed by atoms with Crippen LogP contribution in [0, 0.1) is 25.2 Å². The Labute approximate surface area is 213 Å². The van der Waals surface area contributed by atoms with Gasteiger partial charge in [-0.3, -0.25) is 0 Å². The third-order valence-electron chi connectivity index (χ3n) is 5.61. The highest BCUT2D eigenvalue weighted by molar-refractivity contribution is 7.82. The van der Waals surface area contributed by atoms with Gasteiger partial charge in [-0.2, -0.15) is 5.26 Å². The summed E-state index contributed by atoms with van der Waals surface area (Å²) in [6.45, 7) is 6.97. The summed E-state index contributed by atoms with van der Waals surface area (Å²) in [7, 11) is -1.39. The first-order valence-electron chi connectivity index (χ1n) is 11.3. The molecule has 0 radical (unpaired) electrons. The number of ether oxygens (including phenoxy) is 1. The standard InChI is InChI=1S/C18H18ClN3O2S.C9H9N/c1-13-8-15(19)11-16(9-13)24-17-3-2-14(12-20)10-18(17)25(23)22-6-4-21-5-7-22;1-7-6-10-9-5-3-2-4-8(7)9/h2-3,8-11,21H,4-7H2,1H3;2-6,10H,1H3. The van der Waals surface area contributed by atoms with Gasteiger partial charge in [-0.05, 0) is 67.4 Å². The van der Waals surface area contributed by atoms with Gasteiger partial charge in [0.05, 0.1) is 16.5 Å². The highest BCUT2D eigenvalue weighted by Crippen LogP contribution is 2.32. The number of aromatic nitrogens is 1. The lowest BCUT2D eigenvalue weighted by molar-refractivity contribution is 0.378. The fourth-order valence-corrected chi connectivity index (χ4v) is 5.43. The molecule has 0 bridgehead atoms. The molecule has 0 saturated carbocycles. The third-order valence-corrected chi connectivity index (χ3v) is 7.36. The van der Waals surface area contributed by atoms with E-state index in [1.807, 2.05) is 35.6 Å². The fraction of sp³-hybridized carbons (Fsp3) is 0.222. The number of H-pyrrole nitrogens is 1. The zero-order valence-corrected chi connectivity index (χ0v) is 21.2. The first kappa shape index (κ1) is 25.0. The molecule has 180 valence electrons. The lowest BCUT2D eigenvalue weighted by Gasteiger charge is -2.26. The van der Waals surface area contributed by atoms with Crippen molar-refractivity contribution in [3.05, 3.63) is 88.6 Å². The maximum Gasteiger partial charge on any atom is 0.145 e. The van der Waals surface area contributed by atoms with Crippen molar-refractivity contribution in [1.82, 2.24) is 14.6 Å². The van der Waals surface area contributed by atoms with Crippen molar-refractivity contribution >= 4 is 33.5 Å². The Bertz CT molecular complexity index is 1370. The van der Waals surface area contributed by atoms with Crippen molar-refractivity contribution in [2.75, 3.05) is 26.2 Å². The van der Waals surface area contributed by atoms with Gasteiger partial charge in [0.15, 0.2) is 0 Å². The Morgan fingerprint density at radius 1 is 1.06 bits per heavy atom. The van der Waals surface area contributed by atoms with Crippen LogP contribution in [-0.4, -0.2) is 39.7 Å². The summed E-state index contributed by atoms with van der Waals surface area (Å²) in [5, 5.41) is 14.3. The first-order valence-corrected chi connectivity index (χ1v) is 12.8. The molecule has 1 aromatic heterocycles. The molecule has 1 aliphatic rings. The van der Waals surface area contributed by atoms with Gasteiger partial charge in [0.2, 0.25) is 0 Å². The summed E-state index contributed by atoms with van der Waals surface area (Å²) in [4.78, 5) is 3.69. The number of aromatic amines is 1. The average molecular weight is 507 g/mol. The van der Waals surface area contributed by atoms with Crippen molar-refractivity contribution in [3.63, 3.8) is 0 Å². The van der Waals surface area contributed by atoms with Crippen LogP contribution in [-0.2, 0) is 11.0 Å². The summed E-state index contributed by atoms with van der Waals surface area (Å²) in [6.07, 6.45) is 2.03. The van der Waals surface area contributed by atoms with Gasteiger partial charge in [0.25, 0.3) is 0 Å². The van der Waals surface area contributed by atoms with Crippen LogP contribution in [0.25, 0.3) is 10.9 Å². The average Bonchev–Trinajstić information content (AvgIpc) is 3.25. The molecule has 0 spiro atoms. The van der Waals surface area contributed by atoms with Crippen LogP contribution < -0.4 is 10.1 Å². The van der Waals surface area contributed by atoms with Gasteiger partial charge in [-0.1, -0.05) is 29.8 Å². The van der Waals surface area contributed by atoms with Crippen LogP contribution in [0.4, 0.5) is 0 Å². The number of rotatable bonds is 4. The molecule has 35 heavy (non-hydrogen) atoms. The van der Waals surface area contributed by atoms with Crippen molar-refractivity contribution in [3.8, 4) is 17.6 Å². The SMILES string of the molecule is Cc1c[nH]c2ccccc12.Cc1cc(Cl)cc(Oc2ccc(C#N)cc2S(=O)N2CCNCC2)c1. The topological polar surface area (TPSA) is 81.1 Å². The lowest BCUT2D eigenvalue weighted by atomic mass is 10.2. The van der Waals surface area contributed by atoms with E-state index in [2.05, 4.69) is 41.5 Å². The number of piperazine rings is 1. The van der Waals surface area contributed by atoms with Gasteiger partial charge in [0, 0.05) is 48.3 Å². The molecule has 5 rings (SSSR count). The minimum atomic E-state index is -1.39. The molecule has 2 N–H and O–H groups in total. The van der Waals surface area contributed by atoms with Crippen LogP contribution in [0.15, 0.2) is 71.8 Å². The Morgan fingerprint density at radius 2 is 1.83 bits per heavy atom. The number of nitriles is 1. The van der Waals surface area contributed by atoms with E-state index in [9.17, 15) is 9.47 Å². The minimum Gasteiger partial charge on any atom is -0.456 e. The van der Waals surface area contributed by atoms with Crippen LogP contribution in [0.1, 0.15) is 16.7 Å². The van der Waals surface area contributed by atoms with Gasteiger partial charge < -0.3 is 15.0 Å². The van der Waals surface area contributed by atoms with Crippen LogP contribution in [0.2, 0.25) is 5.02 Å². The van der Waals surface area contributed by atoms with Crippen molar-refractivity contribution in [2.24, 2.45) is 0 Å². The summed E-state index contributed by atoms with van der Waals surface area (Å²) in [5.74, 6) is 1.05. The maximum absolute atomic E-state index is 13.0. The van der Waals surface area contributed by atoms with E-state index in [-0.39, 0.29) is 0 Å². The van der Waals surface area contributed by atoms with Crippen molar-refractivity contribution < 1.29 is 8.95 Å². The first-order chi connectivity index (χ1) is 16.9. The molecule has 1 saturated heterocycles. The molecule has 3 aromatic carbocycles. The molecule has 8 heteroatoms. The smallest absolute Gasteiger partial charge is 0.145 e. The number of para-hydroxylation sites is 1. The number of nitrogens with one attached hydrogen (secondary N) is 2. The summed E-state index contributed by atoms with van der Waals surface area (Å²) >= 11 is 6.09. The Morgan fingerprint density at radius 3 is 2.54 bits per heavy atom. The second-order valence-corrected chi connectivity index (χ2v) is 10.2. The molecule has 6 nitrogen and oxygen atoms in total. The second kappa shape index (κ2) is 11.5. The van der Waals surface area contributed by atoms with E-state index in [0.717, 1.165) is 18.7 Å². The Hall–Kier alpha value is -3.15. The molecule has 1 aliphatic heterocycles. The fourth-order valence-electron chi connectivity index (χ4n) is 3.85. The Kier molecular flexibility index (Phi) is 8.21. The number of fused-ring (bicyclic) bond motifs is 1. The normalized spacial score (nSPS) is 14.6. The molecule has 1 atom stereocenters. The van der Waals surface area contributed by atoms with Gasteiger partial charge in [-0.25, -0.2) is 8.51 Å². The minimum absolute atomic E-state index is 0.452. The van der Waals surface area contributed by atoms with Gasteiger partial charge in [-0.15, -0.1) is 0 Å². The quantitative estimate of drug-likeness (QED) is 0.371. The van der Waals surface area contributed by atoms with Gasteiger partial charge in [0.1, 0.15) is 22.5 Å². The van der Waals surface area contributed by atoms with Crippen LogP contribution in [0.3, 0.4) is 0 Å². The largest absolute Gasteiger partial charge is 0.456 e. The van der Waals surface area contributed by atoms with Crippen LogP contribution in [0.5, 0.6) is 11.5 Å². The summed E-state index contributed by atoms with van der Waals surface area (Å²) < 4.78 is 20.8. The molecular formula is C27H27ClN4O2S. The Balaban J connectivity index is 0.000000239. The molecule has 0 amide bonds.